The van der Waals surface area contributed by atoms with Gasteiger partial charge in [0.25, 0.3) is 5.56 Å². The van der Waals surface area contributed by atoms with Crippen LogP contribution < -0.4 is 10.9 Å². The molecule has 0 aromatic carbocycles. The van der Waals surface area contributed by atoms with Gasteiger partial charge in [0.05, 0.1) is 6.33 Å². The summed E-state index contributed by atoms with van der Waals surface area (Å²) in [6, 6.07) is 0. The number of amides is 1. The lowest BCUT2D eigenvalue weighted by molar-refractivity contribution is -0.141. The van der Waals surface area contributed by atoms with Crippen LogP contribution in [0, 0.1) is 11.8 Å². The number of carbonyl (C=O) groups excluding carboxylic acids is 1. The zero-order valence-corrected chi connectivity index (χ0v) is 12.8. The molecule has 1 heterocycles. The Labute approximate surface area is 130 Å². The normalized spacial score (nSPS) is 11.4. The van der Waals surface area contributed by atoms with Crippen molar-refractivity contribution in [1.29, 1.82) is 0 Å². The minimum absolute atomic E-state index is 0.0465. The second kappa shape index (κ2) is 7.17. The smallest absolute Gasteiger partial charge is 0.434 e. The molecule has 0 radical (unpaired) electrons. The molecule has 0 aliphatic rings. The van der Waals surface area contributed by atoms with Gasteiger partial charge in [-0.15, -0.1) is 0 Å². The van der Waals surface area contributed by atoms with E-state index in [0.717, 1.165) is 0 Å². The molecule has 1 amide bonds. The van der Waals surface area contributed by atoms with Crippen LogP contribution in [0.25, 0.3) is 0 Å². The molecule has 1 rings (SSSR count). The predicted octanol–water partition coefficient (Wildman–Crippen LogP) is 2.06. The summed E-state index contributed by atoms with van der Waals surface area (Å²) in [7, 11) is 0. The van der Waals surface area contributed by atoms with Crippen molar-refractivity contribution in [2.45, 2.75) is 39.0 Å². The van der Waals surface area contributed by atoms with Crippen LogP contribution >= 0.6 is 0 Å². The molecule has 1 aromatic rings. The fourth-order valence-corrected chi connectivity index (χ4v) is 1.42. The average molecular weight is 331 g/mol. The molecule has 0 saturated carbocycles. The highest BCUT2D eigenvalue weighted by Gasteiger charge is 2.36. The number of nitrogens with zero attached hydrogens (tertiary/aromatic N) is 1. The molecular weight excluding hydrogens is 315 g/mol. The lowest BCUT2D eigenvalue weighted by atomic mass is 10.2. The zero-order valence-electron chi connectivity index (χ0n) is 12.8. The van der Waals surface area contributed by atoms with E-state index >= 15 is 0 Å². The highest BCUT2D eigenvalue weighted by molar-refractivity contribution is 5.67. The molecule has 0 unspecified atom stereocenters. The molecule has 0 aliphatic heterocycles. The Hall–Kier alpha value is -2.50. The van der Waals surface area contributed by atoms with Crippen LogP contribution in [-0.4, -0.2) is 28.2 Å². The molecule has 2 N–H and O–H groups in total. The number of carbonyl (C=O) groups is 1. The van der Waals surface area contributed by atoms with E-state index in [2.05, 4.69) is 22.1 Å². The fraction of sp³-hybridized carbons (Fsp3) is 0.500. The third-order valence-corrected chi connectivity index (χ3v) is 2.25. The van der Waals surface area contributed by atoms with E-state index in [-0.39, 0.29) is 13.0 Å². The highest BCUT2D eigenvalue weighted by Crippen LogP contribution is 2.28. The Bertz CT molecular complexity index is 679. The number of aromatic amines is 1. The summed E-state index contributed by atoms with van der Waals surface area (Å²) in [5.41, 5.74) is -3.72. The summed E-state index contributed by atoms with van der Waals surface area (Å²) in [5.74, 6) is 4.53. The third kappa shape index (κ3) is 6.42. The number of nitrogens with one attached hydrogen (secondary N) is 2. The van der Waals surface area contributed by atoms with Crippen LogP contribution in [0.2, 0.25) is 0 Å². The first-order chi connectivity index (χ1) is 10.5. The average Bonchev–Trinajstić information content (AvgIpc) is 2.36. The third-order valence-electron chi connectivity index (χ3n) is 2.25. The van der Waals surface area contributed by atoms with E-state index in [4.69, 9.17) is 4.74 Å². The van der Waals surface area contributed by atoms with Gasteiger partial charge in [0.2, 0.25) is 0 Å². The summed E-state index contributed by atoms with van der Waals surface area (Å²) in [4.78, 5) is 27.9. The van der Waals surface area contributed by atoms with Crippen LogP contribution in [0.1, 0.15) is 38.4 Å². The van der Waals surface area contributed by atoms with Crippen LogP contribution in [-0.2, 0) is 10.9 Å². The van der Waals surface area contributed by atoms with Gasteiger partial charge in [0.15, 0.2) is 5.69 Å². The SMILES string of the molecule is CC(C)(C)OC(=O)NCCC#Cc1c(C(F)(F)F)nc[nH]c1=O. The lowest BCUT2D eigenvalue weighted by Crippen LogP contribution is -2.32. The Morgan fingerprint density at radius 2 is 2.04 bits per heavy atom. The van der Waals surface area contributed by atoms with Crippen molar-refractivity contribution in [2.24, 2.45) is 0 Å². The van der Waals surface area contributed by atoms with Crippen LogP contribution in [0.5, 0.6) is 0 Å². The van der Waals surface area contributed by atoms with Gasteiger partial charge in [-0.1, -0.05) is 11.8 Å². The Kier molecular flexibility index (Phi) is 5.79. The van der Waals surface area contributed by atoms with Gasteiger partial charge in [-0.05, 0) is 20.8 Å². The lowest BCUT2D eigenvalue weighted by Gasteiger charge is -2.19. The Balaban J connectivity index is 2.68. The van der Waals surface area contributed by atoms with E-state index in [1.807, 2.05) is 4.98 Å². The molecule has 0 bridgehead atoms. The maximum absolute atomic E-state index is 12.7. The molecule has 23 heavy (non-hydrogen) atoms. The topological polar surface area (TPSA) is 84.1 Å². The van der Waals surface area contributed by atoms with Crippen LogP contribution in [0.15, 0.2) is 11.1 Å². The van der Waals surface area contributed by atoms with Crippen molar-refractivity contribution in [3.63, 3.8) is 0 Å². The van der Waals surface area contributed by atoms with Crippen molar-refractivity contribution in [3.8, 4) is 11.8 Å². The van der Waals surface area contributed by atoms with E-state index < -0.39 is 34.7 Å². The van der Waals surface area contributed by atoms with Gasteiger partial charge in [-0.3, -0.25) is 4.79 Å². The second-order valence-electron chi connectivity index (χ2n) is 5.43. The van der Waals surface area contributed by atoms with Gasteiger partial charge >= 0.3 is 12.3 Å². The summed E-state index contributed by atoms with van der Waals surface area (Å²) in [5, 5.41) is 2.40. The molecule has 1 aromatic heterocycles. The first-order valence-corrected chi connectivity index (χ1v) is 6.61. The Morgan fingerprint density at radius 1 is 1.39 bits per heavy atom. The maximum Gasteiger partial charge on any atom is 0.434 e. The number of ether oxygens (including phenoxy) is 1. The number of alkyl halides is 3. The number of halogens is 3. The largest absolute Gasteiger partial charge is 0.444 e. The van der Waals surface area contributed by atoms with E-state index in [1.54, 1.807) is 20.8 Å². The van der Waals surface area contributed by atoms with Crippen LogP contribution in [0.4, 0.5) is 18.0 Å². The monoisotopic (exact) mass is 331 g/mol. The van der Waals surface area contributed by atoms with E-state index in [0.29, 0.717) is 6.33 Å². The van der Waals surface area contributed by atoms with Gasteiger partial charge in [0, 0.05) is 13.0 Å². The fourth-order valence-electron chi connectivity index (χ4n) is 1.42. The number of alkyl carbamates (subject to hydrolysis) is 1. The summed E-state index contributed by atoms with van der Waals surface area (Å²) < 4.78 is 43.1. The minimum Gasteiger partial charge on any atom is -0.444 e. The van der Waals surface area contributed by atoms with Crippen molar-refractivity contribution < 1.29 is 22.7 Å². The molecule has 6 nitrogen and oxygen atoms in total. The molecule has 9 heteroatoms. The first-order valence-electron chi connectivity index (χ1n) is 6.61. The zero-order chi connectivity index (χ0) is 17.7. The number of hydrogen-bond donors (Lipinski definition) is 2. The van der Waals surface area contributed by atoms with Gasteiger partial charge in [-0.25, -0.2) is 9.78 Å². The molecule has 0 aliphatic carbocycles. The summed E-state index contributed by atoms with van der Waals surface area (Å²) in [6.45, 7) is 5.15. The minimum atomic E-state index is -4.77. The Morgan fingerprint density at radius 3 is 2.61 bits per heavy atom. The van der Waals surface area contributed by atoms with Gasteiger partial charge < -0.3 is 15.0 Å². The number of aromatic nitrogens is 2. The van der Waals surface area contributed by atoms with E-state index in [9.17, 15) is 22.8 Å². The van der Waals surface area contributed by atoms with Crippen molar-refractivity contribution >= 4 is 6.09 Å². The van der Waals surface area contributed by atoms with Gasteiger partial charge in [0.1, 0.15) is 11.2 Å². The predicted molar refractivity (Wildman–Crippen MR) is 75.6 cm³/mol. The molecule has 126 valence electrons. The maximum atomic E-state index is 12.7. The number of rotatable bonds is 2. The summed E-state index contributed by atoms with van der Waals surface area (Å²) >= 11 is 0. The second-order valence-corrected chi connectivity index (χ2v) is 5.43. The van der Waals surface area contributed by atoms with Crippen LogP contribution in [0.3, 0.4) is 0 Å². The van der Waals surface area contributed by atoms with Crippen molar-refractivity contribution in [2.75, 3.05) is 6.54 Å². The number of hydrogen-bond acceptors (Lipinski definition) is 4. The summed E-state index contributed by atoms with van der Waals surface area (Å²) in [6.07, 6.45) is -4.72. The molecule has 0 spiro atoms. The van der Waals surface area contributed by atoms with Gasteiger partial charge in [-0.2, -0.15) is 13.2 Å². The quantitative estimate of drug-likeness (QED) is 0.642. The standard InChI is InChI=1S/C14H16F3N3O3/c1-13(2,3)23-12(22)18-7-5-4-6-9-10(14(15,16)17)19-8-20-11(9)21/h8H,5,7H2,1-3H3,(H,18,22)(H,19,20,21). The molecule has 0 saturated heterocycles. The first kappa shape index (κ1) is 18.5. The number of H-pyrrole nitrogens is 1. The van der Waals surface area contributed by atoms with Crippen molar-refractivity contribution in [3.05, 3.63) is 27.9 Å². The molecule has 0 fully saturated rings. The molecule has 0 atom stereocenters. The van der Waals surface area contributed by atoms with E-state index in [1.165, 1.54) is 0 Å². The molecular formula is C14H16F3N3O3. The van der Waals surface area contributed by atoms with Crippen molar-refractivity contribution in [1.82, 2.24) is 15.3 Å². The highest BCUT2D eigenvalue weighted by atomic mass is 19.4.